The van der Waals surface area contributed by atoms with Gasteiger partial charge in [-0.15, -0.1) is 0 Å². The van der Waals surface area contributed by atoms with Crippen molar-refractivity contribution in [3.8, 4) is 6.07 Å². The molecule has 0 aromatic heterocycles. The topological polar surface area (TPSA) is 35.8 Å². The number of rotatable bonds is 4. The highest BCUT2D eigenvalue weighted by atomic mass is 79.9. The Morgan fingerprint density at radius 3 is 2.50 bits per heavy atom. The van der Waals surface area contributed by atoms with Gasteiger partial charge in [0.1, 0.15) is 6.07 Å². The van der Waals surface area contributed by atoms with Gasteiger partial charge in [-0.2, -0.15) is 5.26 Å². The van der Waals surface area contributed by atoms with Crippen molar-refractivity contribution >= 4 is 21.6 Å². The van der Waals surface area contributed by atoms with Gasteiger partial charge >= 0.3 is 0 Å². The Morgan fingerprint density at radius 2 is 1.90 bits per heavy atom. The number of hydrogen-bond donors (Lipinski definition) is 1. The third-order valence-corrected chi connectivity index (χ3v) is 3.81. The minimum absolute atomic E-state index is 0.212. The Labute approximate surface area is 128 Å². The molecule has 1 unspecified atom stereocenters. The average Bonchev–Trinajstić information content (AvgIpc) is 2.47. The van der Waals surface area contributed by atoms with Crippen LogP contribution in [0, 0.1) is 18.3 Å². The maximum Gasteiger partial charge on any atom is 0.101 e. The third-order valence-electron chi connectivity index (χ3n) is 3.32. The molecule has 1 N–H and O–H groups in total. The predicted octanol–water partition coefficient (Wildman–Crippen LogP) is 5.19. The zero-order valence-electron chi connectivity index (χ0n) is 11.7. The average molecular weight is 329 g/mol. The van der Waals surface area contributed by atoms with Gasteiger partial charge < -0.3 is 5.32 Å². The first-order valence-corrected chi connectivity index (χ1v) is 7.46. The second kappa shape index (κ2) is 6.58. The molecule has 0 aliphatic heterocycles. The summed E-state index contributed by atoms with van der Waals surface area (Å²) in [4.78, 5) is 0. The summed E-state index contributed by atoms with van der Waals surface area (Å²) < 4.78 is 0.919. The highest BCUT2D eigenvalue weighted by molar-refractivity contribution is 9.10. The summed E-state index contributed by atoms with van der Waals surface area (Å²) in [5.74, 6) is 0. The molecule has 2 nitrogen and oxygen atoms in total. The maximum atomic E-state index is 9.22. The number of anilines is 1. The molecule has 0 saturated carbocycles. The van der Waals surface area contributed by atoms with Gasteiger partial charge in [0, 0.05) is 4.47 Å². The molecule has 1 atom stereocenters. The first-order valence-electron chi connectivity index (χ1n) is 6.66. The summed E-state index contributed by atoms with van der Waals surface area (Å²) in [6.45, 7) is 4.23. The van der Waals surface area contributed by atoms with Crippen molar-refractivity contribution in [2.45, 2.75) is 26.3 Å². The van der Waals surface area contributed by atoms with Crippen LogP contribution in [-0.2, 0) is 0 Å². The van der Waals surface area contributed by atoms with Crippen LogP contribution in [0.2, 0.25) is 0 Å². The number of halogens is 1. The van der Waals surface area contributed by atoms with Gasteiger partial charge in [-0.1, -0.05) is 52.7 Å². The van der Waals surface area contributed by atoms with Gasteiger partial charge in [0.05, 0.1) is 17.3 Å². The second-order valence-corrected chi connectivity index (χ2v) is 5.73. The van der Waals surface area contributed by atoms with Gasteiger partial charge in [-0.3, -0.25) is 0 Å². The first-order chi connectivity index (χ1) is 9.63. The van der Waals surface area contributed by atoms with E-state index in [-0.39, 0.29) is 6.04 Å². The number of nitrogens with one attached hydrogen (secondary N) is 1. The fourth-order valence-corrected chi connectivity index (χ4v) is 2.50. The largest absolute Gasteiger partial charge is 0.377 e. The van der Waals surface area contributed by atoms with Gasteiger partial charge in [0.25, 0.3) is 0 Å². The molecule has 0 spiro atoms. The molecule has 0 fully saturated rings. The summed E-state index contributed by atoms with van der Waals surface area (Å²) in [7, 11) is 0. The lowest BCUT2D eigenvalue weighted by Gasteiger charge is -2.20. The predicted molar refractivity (Wildman–Crippen MR) is 86.7 cm³/mol. The van der Waals surface area contributed by atoms with Crippen LogP contribution >= 0.6 is 15.9 Å². The van der Waals surface area contributed by atoms with E-state index in [1.54, 1.807) is 0 Å². The molecule has 0 heterocycles. The molecule has 0 aliphatic carbocycles. The Morgan fingerprint density at radius 1 is 1.20 bits per heavy atom. The van der Waals surface area contributed by atoms with Crippen molar-refractivity contribution in [2.75, 3.05) is 5.32 Å². The molecular formula is C17H17BrN2. The highest BCUT2D eigenvalue weighted by Gasteiger charge is 2.11. The SMILES string of the molecule is CCC(Nc1ccc(Br)cc1C#N)c1ccc(C)cc1. The summed E-state index contributed by atoms with van der Waals surface area (Å²) >= 11 is 3.39. The molecule has 2 aromatic rings. The van der Waals surface area contributed by atoms with E-state index in [9.17, 15) is 5.26 Å². The summed E-state index contributed by atoms with van der Waals surface area (Å²) in [6.07, 6.45) is 0.962. The number of nitrogens with zero attached hydrogens (tertiary/aromatic N) is 1. The number of nitriles is 1. The van der Waals surface area contributed by atoms with E-state index in [2.05, 4.69) is 65.4 Å². The van der Waals surface area contributed by atoms with Gasteiger partial charge in [0.15, 0.2) is 0 Å². The van der Waals surface area contributed by atoms with Gasteiger partial charge in [0.2, 0.25) is 0 Å². The third kappa shape index (κ3) is 3.40. The van der Waals surface area contributed by atoms with Crippen molar-refractivity contribution in [3.63, 3.8) is 0 Å². The first kappa shape index (κ1) is 14.6. The van der Waals surface area contributed by atoms with Crippen molar-refractivity contribution in [1.82, 2.24) is 0 Å². The van der Waals surface area contributed by atoms with Crippen LogP contribution in [0.1, 0.15) is 36.1 Å². The van der Waals surface area contributed by atoms with E-state index in [4.69, 9.17) is 0 Å². The lowest BCUT2D eigenvalue weighted by Crippen LogP contribution is -2.10. The second-order valence-electron chi connectivity index (χ2n) is 4.82. The van der Waals surface area contributed by atoms with E-state index < -0.39 is 0 Å². The van der Waals surface area contributed by atoms with Crippen LogP contribution in [0.25, 0.3) is 0 Å². The number of hydrogen-bond acceptors (Lipinski definition) is 2. The Bertz CT molecular complexity index is 626. The fraction of sp³-hybridized carbons (Fsp3) is 0.235. The van der Waals surface area contributed by atoms with Gasteiger partial charge in [-0.05, 0) is 37.1 Å². The molecule has 3 heteroatoms. The Kier molecular flexibility index (Phi) is 4.81. The normalized spacial score (nSPS) is 11.7. The molecule has 2 aromatic carbocycles. The van der Waals surface area contributed by atoms with E-state index in [0.29, 0.717) is 5.56 Å². The number of benzene rings is 2. The molecule has 102 valence electrons. The Hall–Kier alpha value is -1.79. The lowest BCUT2D eigenvalue weighted by atomic mass is 10.0. The summed E-state index contributed by atoms with van der Waals surface area (Å²) in [6, 6.07) is 16.7. The Balaban J connectivity index is 2.27. The lowest BCUT2D eigenvalue weighted by molar-refractivity contribution is 0.749. The molecule has 0 saturated heterocycles. The molecule has 0 radical (unpaired) electrons. The smallest absolute Gasteiger partial charge is 0.101 e. The quantitative estimate of drug-likeness (QED) is 0.837. The zero-order valence-corrected chi connectivity index (χ0v) is 13.2. The van der Waals surface area contributed by atoms with Crippen LogP contribution in [0.5, 0.6) is 0 Å². The molecule has 0 bridgehead atoms. The van der Waals surface area contributed by atoms with Crippen LogP contribution in [0.3, 0.4) is 0 Å². The summed E-state index contributed by atoms with van der Waals surface area (Å²) in [5, 5.41) is 12.7. The fourth-order valence-electron chi connectivity index (χ4n) is 2.14. The van der Waals surface area contributed by atoms with Crippen LogP contribution < -0.4 is 5.32 Å². The monoisotopic (exact) mass is 328 g/mol. The maximum absolute atomic E-state index is 9.22. The van der Waals surface area contributed by atoms with Crippen molar-refractivity contribution in [3.05, 3.63) is 63.6 Å². The molecular weight excluding hydrogens is 312 g/mol. The van der Waals surface area contributed by atoms with Crippen molar-refractivity contribution in [1.29, 1.82) is 5.26 Å². The van der Waals surface area contributed by atoms with E-state index >= 15 is 0 Å². The van der Waals surface area contributed by atoms with E-state index in [1.807, 2.05) is 18.2 Å². The van der Waals surface area contributed by atoms with Crippen LogP contribution in [-0.4, -0.2) is 0 Å². The van der Waals surface area contributed by atoms with Crippen LogP contribution in [0.15, 0.2) is 46.9 Å². The van der Waals surface area contributed by atoms with E-state index in [0.717, 1.165) is 16.6 Å². The minimum atomic E-state index is 0.212. The molecule has 0 amide bonds. The summed E-state index contributed by atoms with van der Waals surface area (Å²) in [5.41, 5.74) is 4.03. The van der Waals surface area contributed by atoms with Crippen molar-refractivity contribution < 1.29 is 0 Å². The van der Waals surface area contributed by atoms with Crippen LogP contribution in [0.4, 0.5) is 5.69 Å². The minimum Gasteiger partial charge on any atom is -0.377 e. The standard InChI is InChI=1S/C17H17BrN2/c1-3-16(13-6-4-12(2)5-7-13)20-17-9-8-15(18)10-14(17)11-19/h4-10,16,20H,3H2,1-2H3. The molecule has 0 aliphatic rings. The van der Waals surface area contributed by atoms with Crippen molar-refractivity contribution in [2.24, 2.45) is 0 Å². The highest BCUT2D eigenvalue weighted by Crippen LogP contribution is 2.27. The molecule has 20 heavy (non-hydrogen) atoms. The van der Waals surface area contributed by atoms with E-state index in [1.165, 1.54) is 11.1 Å². The number of aryl methyl sites for hydroxylation is 1. The zero-order chi connectivity index (χ0) is 14.5. The molecule has 2 rings (SSSR count). The van der Waals surface area contributed by atoms with Gasteiger partial charge in [-0.25, -0.2) is 0 Å².